The summed E-state index contributed by atoms with van der Waals surface area (Å²) in [5, 5.41) is 20.1. The minimum atomic E-state index is -1.64. The Morgan fingerprint density at radius 1 is 0.500 bits per heavy atom. The van der Waals surface area contributed by atoms with E-state index in [0.717, 1.165) is 11.1 Å². The number of amides is 2. The normalized spacial score (nSPS) is 19.8. The third kappa shape index (κ3) is 11.1. The zero-order valence-electron chi connectivity index (χ0n) is 36.0. The van der Waals surface area contributed by atoms with Gasteiger partial charge in [0.05, 0.1) is 23.7 Å². The van der Waals surface area contributed by atoms with Gasteiger partial charge in [-0.1, -0.05) is 74.5 Å². The van der Waals surface area contributed by atoms with Crippen molar-refractivity contribution < 1.29 is 57.9 Å². The van der Waals surface area contributed by atoms with Gasteiger partial charge in [0, 0.05) is 38.0 Å². The molecule has 0 heterocycles. The van der Waals surface area contributed by atoms with Crippen LogP contribution in [0.1, 0.15) is 63.5 Å². The highest BCUT2D eigenvalue weighted by Crippen LogP contribution is 2.51. The van der Waals surface area contributed by atoms with Gasteiger partial charge >= 0.3 is 23.9 Å². The minimum Gasteiger partial charge on any atom is -0.478 e. The number of carbonyl (C=O) groups excluding carboxylic acids is 4. The van der Waals surface area contributed by atoms with Crippen molar-refractivity contribution in [3.05, 3.63) is 120 Å². The summed E-state index contributed by atoms with van der Waals surface area (Å²) in [6, 6.07) is 32.8. The molecule has 3 aliphatic carbocycles. The molecule has 2 amide bonds. The maximum absolute atomic E-state index is 15.1. The molecule has 0 aliphatic heterocycles. The van der Waals surface area contributed by atoms with E-state index in [9.17, 15) is 29.4 Å². The van der Waals surface area contributed by atoms with E-state index in [1.165, 1.54) is 9.80 Å². The number of para-hydroxylation sites is 2. The highest BCUT2D eigenvalue weighted by Gasteiger charge is 2.66. The monoisotopic (exact) mass is 874 g/mol. The number of benzene rings is 4. The van der Waals surface area contributed by atoms with Crippen molar-refractivity contribution in [3.63, 3.8) is 0 Å². The molecule has 0 aromatic heterocycles. The number of carbonyl (C=O) groups is 6. The fourth-order valence-corrected chi connectivity index (χ4v) is 8.36. The number of nitrogens with zero attached hydrogens (tertiary/aromatic N) is 2. The third-order valence-corrected chi connectivity index (χ3v) is 11.9. The predicted octanol–water partition coefficient (Wildman–Crippen LogP) is 7.74. The van der Waals surface area contributed by atoms with Crippen LogP contribution in [0.25, 0.3) is 0 Å². The van der Waals surface area contributed by atoms with Gasteiger partial charge in [0.15, 0.2) is 0 Å². The Morgan fingerprint density at radius 3 is 1.12 bits per heavy atom. The SMILES string of the molecule is CCCN(Cc1ccc(Oc2ccccc2)cc1)C(=O)C1C(C(=O)OC(C(=O)O)C2CC2)C(C(=O)OC(C(=O)O)C2CC2)C1C(=O)N(CCC)Cc1ccc(Oc2ccccc2)cc1. The summed E-state index contributed by atoms with van der Waals surface area (Å²) in [5.74, 6) is -10.9. The second-order valence-corrected chi connectivity index (χ2v) is 16.8. The van der Waals surface area contributed by atoms with Crippen LogP contribution in [0.15, 0.2) is 109 Å². The first kappa shape index (κ1) is 45.3. The highest BCUT2D eigenvalue weighted by molar-refractivity contribution is 6.01. The molecule has 4 aromatic carbocycles. The molecule has 14 heteroatoms. The summed E-state index contributed by atoms with van der Waals surface area (Å²) in [5.41, 5.74) is 1.44. The van der Waals surface area contributed by atoms with Gasteiger partial charge in [-0.25, -0.2) is 9.59 Å². The molecule has 0 spiro atoms. The Bertz CT molecular complexity index is 2100. The maximum atomic E-state index is 15.1. The standard InChI is InChI=1S/C50H54N2O12/c1-3-27-51(29-31-15-23-37(24-16-31)61-35-11-7-5-8-12-35)45(53)39-40(46(54)52(28-4-2)30-32-17-25-38(26-18-32)62-36-13-9-6-10-14-36)42(50(60)64-44(48(57)58)34-21-22-34)41(39)49(59)63-43(47(55)56)33-19-20-33/h5-18,23-26,33-34,39-44H,3-4,19-22,27-30H2,1-2H3,(H,55,56)(H,57,58). The molecule has 3 aliphatic rings. The first-order valence-corrected chi connectivity index (χ1v) is 22.0. The largest absolute Gasteiger partial charge is 0.478 e. The molecule has 0 saturated heterocycles. The predicted molar refractivity (Wildman–Crippen MR) is 232 cm³/mol. The van der Waals surface area contributed by atoms with E-state index in [-0.39, 0.29) is 26.2 Å². The van der Waals surface area contributed by atoms with Crippen LogP contribution in [0, 0.1) is 35.5 Å². The molecule has 336 valence electrons. The zero-order valence-corrected chi connectivity index (χ0v) is 36.0. The van der Waals surface area contributed by atoms with Gasteiger partial charge in [-0.05, 0) is 98.2 Å². The lowest BCUT2D eigenvalue weighted by Crippen LogP contribution is -2.65. The summed E-state index contributed by atoms with van der Waals surface area (Å²) in [7, 11) is 0. The molecule has 7 rings (SSSR count). The molecular formula is C50H54N2O12. The number of rotatable bonds is 22. The molecule has 6 atom stereocenters. The topological polar surface area (TPSA) is 186 Å². The number of esters is 2. The Hall–Kier alpha value is -6.70. The summed E-state index contributed by atoms with van der Waals surface area (Å²) in [6.45, 7) is 4.34. The lowest BCUT2D eigenvalue weighted by molar-refractivity contribution is -0.200. The van der Waals surface area contributed by atoms with Gasteiger partial charge in [-0.2, -0.15) is 0 Å². The zero-order chi connectivity index (χ0) is 45.3. The number of carboxylic acids is 2. The first-order valence-electron chi connectivity index (χ1n) is 22.0. The molecule has 3 fully saturated rings. The maximum Gasteiger partial charge on any atom is 0.345 e. The first-order chi connectivity index (χ1) is 30.9. The van der Waals surface area contributed by atoms with Crippen LogP contribution in [-0.2, 0) is 51.3 Å². The fourth-order valence-electron chi connectivity index (χ4n) is 8.36. The molecule has 64 heavy (non-hydrogen) atoms. The molecule has 2 N–H and O–H groups in total. The second-order valence-electron chi connectivity index (χ2n) is 16.8. The quantitative estimate of drug-likeness (QED) is 0.0733. The lowest BCUT2D eigenvalue weighted by atomic mass is 9.55. The minimum absolute atomic E-state index is 0.0747. The Kier molecular flexibility index (Phi) is 14.6. The van der Waals surface area contributed by atoms with Gasteiger partial charge in [0.25, 0.3) is 0 Å². The molecule has 0 radical (unpaired) electrons. The van der Waals surface area contributed by atoms with Crippen molar-refractivity contribution in [3.8, 4) is 23.0 Å². The van der Waals surface area contributed by atoms with Crippen LogP contribution in [-0.4, -0.2) is 81.0 Å². The van der Waals surface area contributed by atoms with Gasteiger partial charge < -0.3 is 39.0 Å². The van der Waals surface area contributed by atoms with Crippen molar-refractivity contribution >= 4 is 35.7 Å². The highest BCUT2D eigenvalue weighted by atomic mass is 16.6. The van der Waals surface area contributed by atoms with Crippen molar-refractivity contribution in [2.75, 3.05) is 13.1 Å². The van der Waals surface area contributed by atoms with Gasteiger partial charge in [0.2, 0.25) is 24.0 Å². The molecule has 6 unspecified atom stereocenters. The van der Waals surface area contributed by atoms with E-state index in [4.69, 9.17) is 18.9 Å². The second kappa shape index (κ2) is 20.7. The number of aliphatic carboxylic acids is 2. The third-order valence-electron chi connectivity index (χ3n) is 11.9. The Balaban J connectivity index is 1.21. The Morgan fingerprint density at radius 2 is 0.828 bits per heavy atom. The number of hydrogen-bond donors (Lipinski definition) is 2. The summed E-state index contributed by atoms with van der Waals surface area (Å²) in [4.78, 5) is 86.7. The average Bonchev–Trinajstić information content (AvgIpc) is 4.22. The van der Waals surface area contributed by atoms with Crippen molar-refractivity contribution in [2.24, 2.45) is 35.5 Å². The van der Waals surface area contributed by atoms with Crippen molar-refractivity contribution in [1.29, 1.82) is 0 Å². The van der Waals surface area contributed by atoms with Crippen LogP contribution in [0.2, 0.25) is 0 Å². The van der Waals surface area contributed by atoms with E-state index in [0.29, 0.717) is 61.5 Å². The molecule has 4 aromatic rings. The number of hydrogen-bond acceptors (Lipinski definition) is 10. The molecule has 3 saturated carbocycles. The summed E-state index contributed by atoms with van der Waals surface area (Å²) in [6.07, 6.45) is -0.00498. The number of carboxylic acid groups (broad SMARTS) is 2. The fraction of sp³-hybridized carbons (Fsp3) is 0.400. The van der Waals surface area contributed by atoms with Crippen LogP contribution >= 0.6 is 0 Å². The lowest BCUT2D eigenvalue weighted by Gasteiger charge is -2.49. The van der Waals surface area contributed by atoms with Crippen LogP contribution in [0.3, 0.4) is 0 Å². The summed E-state index contributed by atoms with van der Waals surface area (Å²) >= 11 is 0. The molecular weight excluding hydrogens is 821 g/mol. The van der Waals surface area contributed by atoms with Crippen LogP contribution in [0.4, 0.5) is 0 Å². The smallest absolute Gasteiger partial charge is 0.345 e. The van der Waals surface area contributed by atoms with E-state index >= 15 is 9.59 Å². The van der Waals surface area contributed by atoms with Gasteiger partial charge in [-0.3, -0.25) is 19.2 Å². The van der Waals surface area contributed by atoms with Crippen LogP contribution < -0.4 is 9.47 Å². The average molecular weight is 875 g/mol. The van der Waals surface area contributed by atoms with Crippen molar-refractivity contribution in [2.45, 2.75) is 77.7 Å². The van der Waals surface area contributed by atoms with E-state index in [1.807, 2.05) is 74.5 Å². The van der Waals surface area contributed by atoms with Crippen LogP contribution in [0.5, 0.6) is 23.0 Å². The molecule has 0 bridgehead atoms. The molecule has 14 nitrogen and oxygen atoms in total. The van der Waals surface area contributed by atoms with Gasteiger partial charge in [-0.15, -0.1) is 0 Å². The van der Waals surface area contributed by atoms with Crippen molar-refractivity contribution in [1.82, 2.24) is 9.80 Å². The Labute approximate surface area is 372 Å². The summed E-state index contributed by atoms with van der Waals surface area (Å²) < 4.78 is 23.2. The van der Waals surface area contributed by atoms with E-state index in [1.54, 1.807) is 48.5 Å². The van der Waals surface area contributed by atoms with Gasteiger partial charge in [0.1, 0.15) is 23.0 Å². The van der Waals surface area contributed by atoms with E-state index < -0.39 is 83.4 Å². The number of ether oxygens (including phenoxy) is 4. The van der Waals surface area contributed by atoms with E-state index in [2.05, 4.69) is 0 Å².